The Morgan fingerprint density at radius 1 is 1.35 bits per heavy atom. The SMILES string of the molecule is N#CC1(C(=O)Nc2nc(-c3ccc(Cl)cc3Cl)cs2)CCCC1. The van der Waals surface area contributed by atoms with Crippen molar-refractivity contribution in [2.75, 3.05) is 5.32 Å². The van der Waals surface area contributed by atoms with Crippen LogP contribution in [0, 0.1) is 16.7 Å². The first-order chi connectivity index (χ1) is 11.0. The van der Waals surface area contributed by atoms with Crippen LogP contribution in [0.2, 0.25) is 10.0 Å². The van der Waals surface area contributed by atoms with E-state index in [1.165, 1.54) is 11.3 Å². The second kappa shape index (κ2) is 6.48. The van der Waals surface area contributed by atoms with Gasteiger partial charge in [-0.15, -0.1) is 11.3 Å². The maximum absolute atomic E-state index is 12.4. The summed E-state index contributed by atoms with van der Waals surface area (Å²) in [6.07, 6.45) is 3.03. The Bertz CT molecular complexity index is 791. The Labute approximate surface area is 148 Å². The highest BCUT2D eigenvalue weighted by Crippen LogP contribution is 2.39. The number of nitriles is 1. The van der Waals surface area contributed by atoms with E-state index in [1.54, 1.807) is 18.2 Å². The number of carbonyl (C=O) groups is 1. The van der Waals surface area contributed by atoms with Crippen molar-refractivity contribution in [1.82, 2.24) is 4.98 Å². The Kier molecular flexibility index (Phi) is 4.58. The van der Waals surface area contributed by atoms with Gasteiger partial charge in [-0.2, -0.15) is 5.26 Å². The lowest BCUT2D eigenvalue weighted by Crippen LogP contribution is -2.32. The third kappa shape index (κ3) is 3.20. The van der Waals surface area contributed by atoms with Crippen molar-refractivity contribution in [3.8, 4) is 17.3 Å². The summed E-state index contributed by atoms with van der Waals surface area (Å²) in [6, 6.07) is 7.36. The lowest BCUT2D eigenvalue weighted by atomic mass is 9.87. The van der Waals surface area contributed by atoms with Crippen LogP contribution >= 0.6 is 34.5 Å². The molecule has 0 unspecified atom stereocenters. The normalized spacial score (nSPS) is 16.0. The van der Waals surface area contributed by atoms with Crippen molar-refractivity contribution in [2.45, 2.75) is 25.7 Å². The predicted octanol–water partition coefficient (Wildman–Crippen LogP) is 5.14. The second-order valence-electron chi connectivity index (χ2n) is 5.52. The number of benzene rings is 1. The van der Waals surface area contributed by atoms with Crippen LogP contribution in [0.5, 0.6) is 0 Å². The smallest absolute Gasteiger partial charge is 0.246 e. The van der Waals surface area contributed by atoms with E-state index in [0.29, 0.717) is 33.7 Å². The summed E-state index contributed by atoms with van der Waals surface area (Å²) < 4.78 is 0. The quantitative estimate of drug-likeness (QED) is 0.818. The maximum Gasteiger partial charge on any atom is 0.246 e. The molecule has 23 heavy (non-hydrogen) atoms. The Morgan fingerprint density at radius 3 is 2.74 bits per heavy atom. The molecule has 1 aliphatic rings. The minimum Gasteiger partial charge on any atom is -0.301 e. The van der Waals surface area contributed by atoms with E-state index in [0.717, 1.165) is 18.4 Å². The molecule has 118 valence electrons. The summed E-state index contributed by atoms with van der Waals surface area (Å²) in [5.41, 5.74) is 0.511. The van der Waals surface area contributed by atoms with Gasteiger partial charge in [0.1, 0.15) is 5.41 Å². The number of hydrogen-bond donors (Lipinski definition) is 1. The third-order valence-corrected chi connectivity index (χ3v) is 5.34. The molecule has 1 aromatic carbocycles. The van der Waals surface area contributed by atoms with Crippen molar-refractivity contribution in [2.24, 2.45) is 5.41 Å². The molecule has 1 N–H and O–H groups in total. The van der Waals surface area contributed by atoms with Crippen LogP contribution in [0.3, 0.4) is 0 Å². The summed E-state index contributed by atoms with van der Waals surface area (Å²) in [5, 5.41) is 15.5. The van der Waals surface area contributed by atoms with Crippen molar-refractivity contribution in [3.63, 3.8) is 0 Å². The summed E-state index contributed by atoms with van der Waals surface area (Å²) in [4.78, 5) is 16.8. The van der Waals surface area contributed by atoms with Gasteiger partial charge in [0.05, 0.1) is 16.8 Å². The van der Waals surface area contributed by atoms with E-state index in [4.69, 9.17) is 23.2 Å². The molecule has 1 aromatic heterocycles. The lowest BCUT2D eigenvalue weighted by molar-refractivity contribution is -0.122. The van der Waals surface area contributed by atoms with Crippen LogP contribution in [-0.4, -0.2) is 10.9 Å². The van der Waals surface area contributed by atoms with Crippen LogP contribution in [0.1, 0.15) is 25.7 Å². The van der Waals surface area contributed by atoms with E-state index in [1.807, 2.05) is 5.38 Å². The van der Waals surface area contributed by atoms with Crippen molar-refractivity contribution >= 4 is 45.6 Å². The van der Waals surface area contributed by atoms with Crippen LogP contribution in [0.15, 0.2) is 23.6 Å². The number of rotatable bonds is 3. The van der Waals surface area contributed by atoms with Gasteiger partial charge in [-0.3, -0.25) is 4.79 Å². The zero-order valence-corrected chi connectivity index (χ0v) is 14.4. The van der Waals surface area contributed by atoms with Gasteiger partial charge in [0.25, 0.3) is 0 Å². The molecule has 1 fully saturated rings. The van der Waals surface area contributed by atoms with Crippen LogP contribution in [0.25, 0.3) is 11.3 Å². The Morgan fingerprint density at radius 2 is 2.09 bits per heavy atom. The van der Waals surface area contributed by atoms with Gasteiger partial charge in [-0.05, 0) is 31.0 Å². The molecule has 0 spiro atoms. The zero-order valence-electron chi connectivity index (χ0n) is 12.1. The molecule has 4 nitrogen and oxygen atoms in total. The van der Waals surface area contributed by atoms with Crippen LogP contribution in [-0.2, 0) is 4.79 Å². The summed E-state index contributed by atoms with van der Waals surface area (Å²) in [5.74, 6) is -0.263. The fourth-order valence-corrected chi connectivity index (χ4v) is 3.95. The standard InChI is InChI=1S/C16H13Cl2N3OS/c17-10-3-4-11(12(18)7-10)13-8-23-15(20-13)21-14(22)16(9-19)5-1-2-6-16/h3-4,7-8H,1-2,5-6H2,(H,20,21,22). The fourth-order valence-electron chi connectivity index (χ4n) is 2.74. The first kappa shape index (κ1) is 16.3. The summed E-state index contributed by atoms with van der Waals surface area (Å²) in [7, 11) is 0. The summed E-state index contributed by atoms with van der Waals surface area (Å²) >= 11 is 13.4. The first-order valence-corrected chi connectivity index (χ1v) is 8.81. The highest BCUT2D eigenvalue weighted by Gasteiger charge is 2.41. The highest BCUT2D eigenvalue weighted by molar-refractivity contribution is 7.14. The van der Waals surface area contributed by atoms with E-state index < -0.39 is 5.41 Å². The molecule has 2 aromatic rings. The maximum atomic E-state index is 12.4. The molecule has 3 rings (SSSR count). The first-order valence-electron chi connectivity index (χ1n) is 7.18. The summed E-state index contributed by atoms with van der Waals surface area (Å²) in [6.45, 7) is 0. The molecule has 0 atom stereocenters. The average molecular weight is 366 g/mol. The second-order valence-corrected chi connectivity index (χ2v) is 7.22. The van der Waals surface area contributed by atoms with Crippen molar-refractivity contribution in [3.05, 3.63) is 33.6 Å². The number of carbonyl (C=O) groups excluding carboxylic acids is 1. The monoisotopic (exact) mass is 365 g/mol. The lowest BCUT2D eigenvalue weighted by Gasteiger charge is -2.17. The third-order valence-electron chi connectivity index (χ3n) is 4.04. The number of hydrogen-bond acceptors (Lipinski definition) is 4. The van der Waals surface area contributed by atoms with Gasteiger partial charge >= 0.3 is 0 Å². The van der Waals surface area contributed by atoms with Gasteiger partial charge in [-0.25, -0.2) is 4.98 Å². The molecule has 0 aliphatic heterocycles. The van der Waals surface area contributed by atoms with Gasteiger partial charge in [0.2, 0.25) is 5.91 Å². The molecule has 0 radical (unpaired) electrons. The number of aromatic nitrogens is 1. The Balaban J connectivity index is 1.80. The molecule has 0 bridgehead atoms. The van der Waals surface area contributed by atoms with Gasteiger partial charge in [0, 0.05) is 16.0 Å². The average Bonchev–Trinajstić information content (AvgIpc) is 3.17. The van der Waals surface area contributed by atoms with Crippen LogP contribution < -0.4 is 5.32 Å². The van der Waals surface area contributed by atoms with E-state index >= 15 is 0 Å². The Hall–Kier alpha value is -1.61. The van der Waals surface area contributed by atoms with Gasteiger partial charge in [-0.1, -0.05) is 36.0 Å². The van der Waals surface area contributed by atoms with Crippen LogP contribution in [0.4, 0.5) is 5.13 Å². The van der Waals surface area contributed by atoms with E-state index in [-0.39, 0.29) is 5.91 Å². The molecule has 1 heterocycles. The predicted molar refractivity (Wildman–Crippen MR) is 92.7 cm³/mol. The van der Waals surface area contributed by atoms with E-state index in [9.17, 15) is 10.1 Å². The number of amides is 1. The molecular formula is C16H13Cl2N3OS. The van der Waals surface area contributed by atoms with Crippen molar-refractivity contribution in [1.29, 1.82) is 5.26 Å². The molecule has 7 heteroatoms. The van der Waals surface area contributed by atoms with Crippen molar-refractivity contribution < 1.29 is 4.79 Å². The molecule has 1 amide bonds. The van der Waals surface area contributed by atoms with Gasteiger partial charge < -0.3 is 5.32 Å². The largest absolute Gasteiger partial charge is 0.301 e. The zero-order chi connectivity index (χ0) is 16.4. The molecule has 0 saturated heterocycles. The number of nitrogens with one attached hydrogen (secondary N) is 1. The molecular weight excluding hydrogens is 353 g/mol. The molecule has 1 aliphatic carbocycles. The minimum atomic E-state index is -0.913. The number of anilines is 1. The fraction of sp³-hybridized carbons (Fsp3) is 0.312. The minimum absolute atomic E-state index is 0.263. The highest BCUT2D eigenvalue weighted by atomic mass is 35.5. The topological polar surface area (TPSA) is 65.8 Å². The van der Waals surface area contributed by atoms with Gasteiger partial charge in [0.15, 0.2) is 5.13 Å². The number of thiazole rings is 1. The number of halogens is 2. The number of nitrogens with zero attached hydrogens (tertiary/aromatic N) is 2. The van der Waals surface area contributed by atoms with E-state index in [2.05, 4.69) is 16.4 Å². The molecule has 1 saturated carbocycles.